The molecule has 0 aliphatic rings. The molecule has 2 N–H and O–H groups in total. The van der Waals surface area contributed by atoms with Gasteiger partial charge in [-0.15, -0.1) is 21.5 Å². The topological polar surface area (TPSA) is 69.6 Å². The number of hydrogen-bond donors (Lipinski definition) is 1. The number of rotatable bonds is 6. The van der Waals surface area contributed by atoms with Crippen LogP contribution in [0.1, 0.15) is 29.9 Å². The van der Waals surface area contributed by atoms with E-state index in [4.69, 9.17) is 5.73 Å². The Hall–Kier alpha value is -0.920. The quantitative estimate of drug-likeness (QED) is 0.823. The molecule has 0 aliphatic heterocycles. The van der Waals surface area contributed by atoms with E-state index in [-0.39, 0.29) is 0 Å². The molecule has 0 saturated heterocycles. The first kappa shape index (κ1) is 13.5. The standard InChI is InChI=1S/C11H17N5S2/c1-3-4-16-9(5-12)14-15-11(16)18-7-10-13-8(2)6-17-10/h6H,3-5,7,12H2,1-2H3. The van der Waals surface area contributed by atoms with Gasteiger partial charge in [-0.25, -0.2) is 4.98 Å². The van der Waals surface area contributed by atoms with Crippen LogP contribution in [0.25, 0.3) is 0 Å². The van der Waals surface area contributed by atoms with E-state index in [0.717, 1.165) is 40.4 Å². The molecule has 0 aromatic carbocycles. The van der Waals surface area contributed by atoms with Gasteiger partial charge < -0.3 is 10.3 Å². The van der Waals surface area contributed by atoms with E-state index < -0.39 is 0 Å². The van der Waals surface area contributed by atoms with Gasteiger partial charge >= 0.3 is 0 Å². The number of nitrogens with zero attached hydrogens (tertiary/aromatic N) is 4. The van der Waals surface area contributed by atoms with Crippen molar-refractivity contribution in [3.63, 3.8) is 0 Å². The highest BCUT2D eigenvalue weighted by atomic mass is 32.2. The fourth-order valence-corrected chi connectivity index (χ4v) is 3.39. The molecule has 18 heavy (non-hydrogen) atoms. The molecule has 0 bridgehead atoms. The summed E-state index contributed by atoms with van der Waals surface area (Å²) in [5.41, 5.74) is 6.74. The molecular formula is C11H17N5S2. The monoisotopic (exact) mass is 283 g/mol. The van der Waals surface area contributed by atoms with Crippen LogP contribution < -0.4 is 5.73 Å². The van der Waals surface area contributed by atoms with Gasteiger partial charge in [-0.1, -0.05) is 18.7 Å². The normalized spacial score (nSPS) is 11.1. The molecule has 0 radical (unpaired) electrons. The van der Waals surface area contributed by atoms with E-state index in [1.807, 2.05) is 6.92 Å². The Morgan fingerprint density at radius 3 is 2.89 bits per heavy atom. The first-order valence-corrected chi connectivity index (χ1v) is 7.77. The third-order valence-electron chi connectivity index (χ3n) is 2.41. The fourth-order valence-electron chi connectivity index (χ4n) is 1.62. The lowest BCUT2D eigenvalue weighted by Gasteiger charge is -2.06. The zero-order valence-corrected chi connectivity index (χ0v) is 12.2. The van der Waals surface area contributed by atoms with E-state index in [9.17, 15) is 0 Å². The van der Waals surface area contributed by atoms with Crippen molar-refractivity contribution in [1.82, 2.24) is 19.7 Å². The number of aryl methyl sites for hydroxylation is 1. The minimum atomic E-state index is 0.434. The third-order valence-corrected chi connectivity index (χ3v) is 4.54. The predicted molar refractivity (Wildman–Crippen MR) is 74.6 cm³/mol. The van der Waals surface area contributed by atoms with Crippen LogP contribution in [0.2, 0.25) is 0 Å². The molecule has 5 nitrogen and oxygen atoms in total. The molecule has 2 aromatic rings. The lowest BCUT2D eigenvalue weighted by atomic mass is 10.4. The molecule has 2 heterocycles. The Kier molecular flexibility index (Phi) is 4.73. The number of nitrogens with two attached hydrogens (primary N) is 1. The van der Waals surface area contributed by atoms with Gasteiger partial charge in [0.25, 0.3) is 0 Å². The second-order valence-electron chi connectivity index (χ2n) is 3.93. The lowest BCUT2D eigenvalue weighted by molar-refractivity contribution is 0.592. The van der Waals surface area contributed by atoms with Crippen LogP contribution in [0.3, 0.4) is 0 Å². The first-order chi connectivity index (χ1) is 8.74. The molecule has 0 fully saturated rings. The van der Waals surface area contributed by atoms with Crippen molar-refractivity contribution >= 4 is 23.1 Å². The predicted octanol–water partition coefficient (Wildman–Crippen LogP) is 2.20. The average molecular weight is 283 g/mol. The van der Waals surface area contributed by atoms with E-state index in [2.05, 4.69) is 32.1 Å². The van der Waals surface area contributed by atoms with Crippen LogP contribution in [0.15, 0.2) is 10.5 Å². The molecular weight excluding hydrogens is 266 g/mol. The fraction of sp³-hybridized carbons (Fsp3) is 0.545. The van der Waals surface area contributed by atoms with Gasteiger partial charge in [0.1, 0.15) is 10.8 Å². The van der Waals surface area contributed by atoms with E-state index in [1.165, 1.54) is 0 Å². The van der Waals surface area contributed by atoms with Crippen molar-refractivity contribution in [2.75, 3.05) is 0 Å². The van der Waals surface area contributed by atoms with Gasteiger partial charge in [0.2, 0.25) is 0 Å². The average Bonchev–Trinajstić information content (AvgIpc) is 2.94. The molecule has 0 aliphatic carbocycles. The minimum Gasteiger partial charge on any atom is -0.324 e. The summed E-state index contributed by atoms with van der Waals surface area (Å²) in [7, 11) is 0. The summed E-state index contributed by atoms with van der Waals surface area (Å²) < 4.78 is 2.10. The van der Waals surface area contributed by atoms with Crippen molar-refractivity contribution in [1.29, 1.82) is 0 Å². The Morgan fingerprint density at radius 2 is 2.28 bits per heavy atom. The van der Waals surface area contributed by atoms with Crippen LogP contribution in [-0.4, -0.2) is 19.7 Å². The van der Waals surface area contributed by atoms with Crippen LogP contribution >= 0.6 is 23.1 Å². The maximum absolute atomic E-state index is 5.66. The van der Waals surface area contributed by atoms with Crippen molar-refractivity contribution in [3.05, 3.63) is 21.9 Å². The molecule has 0 atom stereocenters. The van der Waals surface area contributed by atoms with Gasteiger partial charge in [-0.2, -0.15) is 0 Å². The number of aromatic nitrogens is 4. The van der Waals surface area contributed by atoms with Crippen molar-refractivity contribution in [2.24, 2.45) is 5.73 Å². The van der Waals surface area contributed by atoms with Crippen molar-refractivity contribution < 1.29 is 0 Å². The number of hydrogen-bond acceptors (Lipinski definition) is 6. The summed E-state index contributed by atoms with van der Waals surface area (Å²) in [4.78, 5) is 4.44. The molecule has 7 heteroatoms. The van der Waals surface area contributed by atoms with Gasteiger partial charge in [0.15, 0.2) is 5.16 Å². The van der Waals surface area contributed by atoms with E-state index in [0.29, 0.717) is 6.54 Å². The minimum absolute atomic E-state index is 0.434. The van der Waals surface area contributed by atoms with E-state index in [1.54, 1.807) is 23.1 Å². The summed E-state index contributed by atoms with van der Waals surface area (Å²) in [6, 6.07) is 0. The van der Waals surface area contributed by atoms with Gasteiger partial charge in [-0.05, 0) is 13.3 Å². The molecule has 0 unspecified atom stereocenters. The highest BCUT2D eigenvalue weighted by molar-refractivity contribution is 7.98. The third kappa shape index (κ3) is 3.09. The molecule has 0 saturated carbocycles. The first-order valence-electron chi connectivity index (χ1n) is 5.90. The maximum atomic E-state index is 5.66. The van der Waals surface area contributed by atoms with Gasteiger partial charge in [0, 0.05) is 17.6 Å². The summed E-state index contributed by atoms with van der Waals surface area (Å²) in [6.07, 6.45) is 1.05. The zero-order chi connectivity index (χ0) is 13.0. The summed E-state index contributed by atoms with van der Waals surface area (Å²) in [5.74, 6) is 1.69. The molecule has 98 valence electrons. The SMILES string of the molecule is CCCn1c(CN)nnc1SCc1nc(C)cs1. The van der Waals surface area contributed by atoms with Crippen molar-refractivity contribution in [3.8, 4) is 0 Å². The molecule has 2 rings (SSSR count). The Morgan fingerprint density at radius 1 is 1.44 bits per heavy atom. The van der Waals surface area contributed by atoms with Gasteiger partial charge in [-0.3, -0.25) is 0 Å². The molecule has 0 spiro atoms. The smallest absolute Gasteiger partial charge is 0.191 e. The molecule has 2 aromatic heterocycles. The second kappa shape index (κ2) is 6.31. The second-order valence-corrected chi connectivity index (χ2v) is 5.81. The van der Waals surface area contributed by atoms with Crippen molar-refractivity contribution in [2.45, 2.75) is 44.3 Å². The lowest BCUT2D eigenvalue weighted by Crippen LogP contribution is -2.09. The number of thioether (sulfide) groups is 1. The highest BCUT2D eigenvalue weighted by Gasteiger charge is 2.11. The maximum Gasteiger partial charge on any atom is 0.191 e. The van der Waals surface area contributed by atoms with E-state index >= 15 is 0 Å². The summed E-state index contributed by atoms with van der Waals surface area (Å²) >= 11 is 3.36. The van der Waals surface area contributed by atoms with Crippen LogP contribution in [0.5, 0.6) is 0 Å². The molecule has 0 amide bonds. The largest absolute Gasteiger partial charge is 0.324 e. The van der Waals surface area contributed by atoms with Crippen LogP contribution in [0, 0.1) is 6.92 Å². The Balaban J connectivity index is 2.06. The van der Waals surface area contributed by atoms with Crippen LogP contribution in [-0.2, 0) is 18.8 Å². The van der Waals surface area contributed by atoms with Gasteiger partial charge in [0.05, 0.1) is 12.3 Å². The van der Waals surface area contributed by atoms with Crippen LogP contribution in [0.4, 0.5) is 0 Å². The Bertz CT molecular complexity index is 505. The highest BCUT2D eigenvalue weighted by Crippen LogP contribution is 2.23. The Labute approximate surface area is 115 Å². The summed E-state index contributed by atoms with van der Waals surface area (Å²) in [6.45, 7) is 5.50. The summed E-state index contributed by atoms with van der Waals surface area (Å²) in [5, 5.41) is 12.4. The number of thiazole rings is 1. The zero-order valence-electron chi connectivity index (χ0n) is 10.6.